The van der Waals surface area contributed by atoms with E-state index in [1.165, 1.54) is 7.11 Å². The molecule has 0 aromatic heterocycles. The smallest absolute Gasteiger partial charge is 0.168 e. The van der Waals surface area contributed by atoms with Crippen molar-refractivity contribution in [1.82, 2.24) is 0 Å². The second-order valence-electron chi connectivity index (χ2n) is 4.48. The van der Waals surface area contributed by atoms with Crippen LogP contribution in [-0.2, 0) is 5.41 Å². The van der Waals surface area contributed by atoms with Gasteiger partial charge in [-0.1, -0.05) is 20.8 Å². The lowest BCUT2D eigenvalue weighted by Gasteiger charge is -2.20. The van der Waals surface area contributed by atoms with Crippen molar-refractivity contribution in [2.45, 2.75) is 26.2 Å². The van der Waals surface area contributed by atoms with Crippen LogP contribution < -0.4 is 4.74 Å². The van der Waals surface area contributed by atoms with Crippen molar-refractivity contribution in [2.75, 3.05) is 7.11 Å². The molecule has 0 spiro atoms. The fraction of sp³-hybridized carbons (Fsp3) is 0.417. The summed E-state index contributed by atoms with van der Waals surface area (Å²) in [7, 11) is 1.47. The van der Waals surface area contributed by atoms with E-state index in [0.717, 1.165) is 5.56 Å². The Labute approximate surface area is 89.7 Å². The molecule has 0 aliphatic rings. The molecule has 1 aromatic rings. The van der Waals surface area contributed by atoms with Gasteiger partial charge in [-0.3, -0.25) is 4.79 Å². The van der Waals surface area contributed by atoms with Crippen LogP contribution in [0.15, 0.2) is 12.1 Å². The lowest BCUT2D eigenvalue weighted by Crippen LogP contribution is -2.11. The van der Waals surface area contributed by atoms with Gasteiger partial charge in [0.15, 0.2) is 17.8 Å². The first-order chi connectivity index (χ1) is 6.90. The van der Waals surface area contributed by atoms with Crippen LogP contribution >= 0.6 is 0 Å². The van der Waals surface area contributed by atoms with Gasteiger partial charge in [-0.2, -0.15) is 0 Å². The molecule has 0 fully saturated rings. The van der Waals surface area contributed by atoms with Crippen LogP contribution in [0, 0.1) is 0 Å². The number of methoxy groups -OCH3 is 1. The maximum absolute atomic E-state index is 10.8. The average Bonchev–Trinajstić information content (AvgIpc) is 2.16. The zero-order chi connectivity index (χ0) is 11.6. The molecular formula is C12H16O3. The van der Waals surface area contributed by atoms with Crippen molar-refractivity contribution >= 4 is 6.29 Å². The van der Waals surface area contributed by atoms with E-state index in [4.69, 9.17) is 4.74 Å². The number of phenolic OH excluding ortho intramolecular Hbond substituents is 1. The van der Waals surface area contributed by atoms with Crippen LogP contribution in [0.25, 0.3) is 0 Å². The van der Waals surface area contributed by atoms with Gasteiger partial charge in [-0.25, -0.2) is 0 Å². The summed E-state index contributed by atoms with van der Waals surface area (Å²) >= 11 is 0. The monoisotopic (exact) mass is 208 g/mol. The highest BCUT2D eigenvalue weighted by Crippen LogP contribution is 2.34. The van der Waals surface area contributed by atoms with Gasteiger partial charge in [0.05, 0.1) is 12.7 Å². The van der Waals surface area contributed by atoms with Gasteiger partial charge in [0.2, 0.25) is 0 Å². The summed E-state index contributed by atoms with van der Waals surface area (Å²) in [6.07, 6.45) is 0.632. The molecule has 1 N–H and O–H groups in total. The van der Waals surface area contributed by atoms with Crippen LogP contribution in [0.4, 0.5) is 0 Å². The molecule has 1 rings (SSSR count). The molecule has 0 bridgehead atoms. The number of carbonyl (C=O) groups excluding carboxylic acids is 1. The van der Waals surface area contributed by atoms with E-state index in [1.54, 1.807) is 12.1 Å². The highest BCUT2D eigenvalue weighted by molar-refractivity contribution is 5.81. The molecule has 3 nitrogen and oxygen atoms in total. The van der Waals surface area contributed by atoms with Crippen LogP contribution in [0.5, 0.6) is 11.5 Å². The van der Waals surface area contributed by atoms with E-state index in [2.05, 4.69) is 0 Å². The normalized spacial score (nSPS) is 11.2. The molecule has 0 amide bonds. The van der Waals surface area contributed by atoms with Crippen molar-refractivity contribution in [3.05, 3.63) is 23.3 Å². The number of aldehydes is 1. The second kappa shape index (κ2) is 3.93. The standard InChI is InChI=1S/C12H16O3/c1-12(2,3)9-5-8(7-13)11(14)10(6-9)15-4/h5-7,14H,1-4H3. The quantitative estimate of drug-likeness (QED) is 0.759. The number of benzene rings is 1. The fourth-order valence-corrected chi connectivity index (χ4v) is 1.31. The molecule has 0 saturated carbocycles. The number of carbonyl (C=O) groups is 1. The Kier molecular flexibility index (Phi) is 3.03. The van der Waals surface area contributed by atoms with Crippen molar-refractivity contribution in [3.8, 4) is 11.5 Å². The van der Waals surface area contributed by atoms with Gasteiger partial charge in [0.25, 0.3) is 0 Å². The molecule has 0 radical (unpaired) electrons. The van der Waals surface area contributed by atoms with Crippen molar-refractivity contribution in [1.29, 1.82) is 0 Å². The van der Waals surface area contributed by atoms with Crippen LogP contribution in [0.3, 0.4) is 0 Å². The minimum Gasteiger partial charge on any atom is -0.504 e. The maximum Gasteiger partial charge on any atom is 0.168 e. The summed E-state index contributed by atoms with van der Waals surface area (Å²) in [5.41, 5.74) is 1.14. The van der Waals surface area contributed by atoms with Crippen molar-refractivity contribution in [2.24, 2.45) is 0 Å². The molecule has 1 aromatic carbocycles. The van der Waals surface area contributed by atoms with Gasteiger partial charge < -0.3 is 9.84 Å². The summed E-state index contributed by atoms with van der Waals surface area (Å²) in [4.78, 5) is 10.8. The Balaban J connectivity index is 3.40. The molecule has 0 aliphatic heterocycles. The first-order valence-electron chi connectivity index (χ1n) is 4.77. The Morgan fingerprint density at radius 1 is 1.33 bits per heavy atom. The van der Waals surface area contributed by atoms with Crippen molar-refractivity contribution in [3.63, 3.8) is 0 Å². The molecule has 3 heteroatoms. The molecule has 0 saturated heterocycles. The predicted octanol–water partition coefficient (Wildman–Crippen LogP) is 2.51. The maximum atomic E-state index is 10.8. The Bertz CT molecular complexity index is 375. The van der Waals surface area contributed by atoms with E-state index in [1.807, 2.05) is 20.8 Å². The van der Waals surface area contributed by atoms with Gasteiger partial charge in [0, 0.05) is 0 Å². The third-order valence-electron chi connectivity index (χ3n) is 2.32. The average molecular weight is 208 g/mol. The first-order valence-corrected chi connectivity index (χ1v) is 4.77. The van der Waals surface area contributed by atoms with Crippen LogP contribution in [0.2, 0.25) is 0 Å². The molecule has 0 atom stereocenters. The molecule has 0 unspecified atom stereocenters. The van der Waals surface area contributed by atoms with E-state index in [-0.39, 0.29) is 16.7 Å². The predicted molar refractivity (Wildman–Crippen MR) is 58.7 cm³/mol. The summed E-state index contributed by atoms with van der Waals surface area (Å²) < 4.78 is 5.01. The lowest BCUT2D eigenvalue weighted by molar-refractivity contribution is 0.112. The van der Waals surface area contributed by atoms with Crippen LogP contribution in [-0.4, -0.2) is 18.5 Å². The number of ether oxygens (including phenoxy) is 1. The largest absolute Gasteiger partial charge is 0.504 e. The van der Waals surface area contributed by atoms with E-state index < -0.39 is 0 Å². The summed E-state index contributed by atoms with van der Waals surface area (Å²) in [6, 6.07) is 3.44. The minimum absolute atomic E-state index is 0.0846. The van der Waals surface area contributed by atoms with Crippen molar-refractivity contribution < 1.29 is 14.6 Å². The van der Waals surface area contributed by atoms with Crippen LogP contribution in [0.1, 0.15) is 36.7 Å². The first kappa shape index (κ1) is 11.6. The summed E-state index contributed by atoms with van der Waals surface area (Å²) in [5, 5.41) is 9.62. The lowest BCUT2D eigenvalue weighted by atomic mass is 9.86. The highest BCUT2D eigenvalue weighted by atomic mass is 16.5. The highest BCUT2D eigenvalue weighted by Gasteiger charge is 2.18. The van der Waals surface area contributed by atoms with Gasteiger partial charge in [-0.05, 0) is 23.1 Å². The van der Waals surface area contributed by atoms with Gasteiger partial charge in [0.1, 0.15) is 0 Å². The SMILES string of the molecule is COc1cc(C(C)(C)C)cc(C=O)c1O. The summed E-state index contributed by atoms with van der Waals surface area (Å²) in [5.74, 6) is 0.241. The molecule has 0 aliphatic carbocycles. The second-order valence-corrected chi connectivity index (χ2v) is 4.48. The summed E-state index contributed by atoms with van der Waals surface area (Å²) in [6.45, 7) is 6.11. The number of rotatable bonds is 2. The number of hydrogen-bond donors (Lipinski definition) is 1. The Morgan fingerprint density at radius 3 is 2.33 bits per heavy atom. The number of phenols is 1. The molecule has 82 valence electrons. The topological polar surface area (TPSA) is 46.5 Å². The van der Waals surface area contributed by atoms with Gasteiger partial charge in [-0.15, -0.1) is 0 Å². The zero-order valence-corrected chi connectivity index (χ0v) is 9.50. The minimum atomic E-state index is -0.0968. The van der Waals surface area contributed by atoms with E-state index in [9.17, 15) is 9.90 Å². The Morgan fingerprint density at radius 2 is 1.93 bits per heavy atom. The fourth-order valence-electron chi connectivity index (χ4n) is 1.31. The molecular weight excluding hydrogens is 192 g/mol. The van der Waals surface area contributed by atoms with Gasteiger partial charge >= 0.3 is 0 Å². The van der Waals surface area contributed by atoms with E-state index >= 15 is 0 Å². The third-order valence-corrected chi connectivity index (χ3v) is 2.32. The van der Waals surface area contributed by atoms with E-state index in [0.29, 0.717) is 12.0 Å². The number of aromatic hydroxyl groups is 1. The number of hydrogen-bond acceptors (Lipinski definition) is 3. The molecule has 15 heavy (non-hydrogen) atoms. The molecule has 0 heterocycles. The Hall–Kier alpha value is -1.51. The third kappa shape index (κ3) is 2.29. The zero-order valence-electron chi connectivity index (χ0n) is 9.50.